The van der Waals surface area contributed by atoms with Gasteiger partial charge in [-0.15, -0.1) is 0 Å². The number of amides is 4. The smallest absolute Gasteiger partial charge is 1.00 e. The van der Waals surface area contributed by atoms with Gasteiger partial charge in [0, 0.05) is 41.2 Å². The van der Waals surface area contributed by atoms with Crippen molar-refractivity contribution in [3.63, 3.8) is 0 Å². The Bertz CT molecular complexity index is 3020. The van der Waals surface area contributed by atoms with E-state index in [1.165, 1.54) is 41.5 Å². The fraction of sp³-hybridized carbons (Fsp3) is 0.484. The largest absolute Gasteiger partial charge is 1.00 e. The third kappa shape index (κ3) is 45.9. The molecule has 0 bridgehead atoms. The fourth-order valence-corrected chi connectivity index (χ4v) is 6.85. The molecule has 4 rings (SSSR count). The van der Waals surface area contributed by atoms with E-state index >= 15 is 0 Å². The van der Waals surface area contributed by atoms with Gasteiger partial charge in [0.05, 0.1) is 21.6 Å². The molecular formula is C64H88Cl3Cs2FN4O21. The molecule has 5 N–H and O–H groups in total. The Morgan fingerprint density at radius 3 is 1.19 bits per heavy atom. The molecule has 0 spiro atoms. The number of esters is 1. The molecule has 31 heteroatoms. The number of halogens is 4. The first-order valence-corrected chi connectivity index (χ1v) is 29.6. The first-order valence-electron chi connectivity index (χ1n) is 29.1. The number of hydrogen-bond acceptors (Lipinski definition) is 20. The van der Waals surface area contributed by atoms with Crippen LogP contribution in [0, 0.1) is 0 Å². The SMILES string of the molecule is CC(C)(Oc1ccc(CCNC(=O)c2ccc(Cl)cc2)cc1)C(=O)O.CC(Cl)OC(=O)OC(C)(C)CNC(=O)OC(C)(C)C.CC(OC(=O)OC(C)(C)CNC(=O)OC(C)(C)C)OC(=O)C(C)(C)Oc1ccc(CCNC(=O)c2ccc(Cl)cc2)cc1.O=CO[O-].[2H]CF.[Cs+].[Cs+].[H-]. The van der Waals surface area contributed by atoms with Crippen molar-refractivity contribution in [2.75, 3.05) is 33.3 Å². The van der Waals surface area contributed by atoms with Gasteiger partial charge in [-0.25, -0.2) is 28.8 Å². The molecular weight excluding hydrogens is 1550 g/mol. The van der Waals surface area contributed by atoms with Gasteiger partial charge >= 0.3 is 174 Å². The summed E-state index contributed by atoms with van der Waals surface area (Å²) in [7, 11) is -1.00. The van der Waals surface area contributed by atoms with Crippen LogP contribution in [0.1, 0.15) is 145 Å². The fourth-order valence-electron chi connectivity index (χ4n) is 6.52. The van der Waals surface area contributed by atoms with E-state index in [0.717, 1.165) is 11.1 Å². The molecule has 0 aliphatic carbocycles. The van der Waals surface area contributed by atoms with Crippen LogP contribution in [-0.2, 0) is 65.3 Å². The van der Waals surface area contributed by atoms with Crippen molar-refractivity contribution in [2.45, 2.75) is 169 Å². The number of carbonyl (C=O) groups excluding carboxylic acids is 8. The van der Waals surface area contributed by atoms with Gasteiger partial charge in [0.15, 0.2) is 16.8 Å². The van der Waals surface area contributed by atoms with E-state index in [4.69, 9.17) is 89.2 Å². The second-order valence-corrected chi connectivity index (χ2v) is 25.2. The summed E-state index contributed by atoms with van der Waals surface area (Å²) in [6.45, 7) is 26.5. The molecule has 0 fully saturated rings. The van der Waals surface area contributed by atoms with Crippen LogP contribution in [0.25, 0.3) is 0 Å². The third-order valence-electron chi connectivity index (χ3n) is 10.9. The zero-order chi connectivity index (χ0) is 72.3. The van der Waals surface area contributed by atoms with Crippen LogP contribution in [0.3, 0.4) is 0 Å². The van der Waals surface area contributed by atoms with Crippen LogP contribution in [0.5, 0.6) is 11.5 Å². The van der Waals surface area contributed by atoms with Gasteiger partial charge in [-0.1, -0.05) is 59.1 Å². The van der Waals surface area contributed by atoms with Gasteiger partial charge in [0.2, 0.25) is 6.29 Å². The average molecular weight is 1640 g/mol. The van der Waals surface area contributed by atoms with Crippen molar-refractivity contribution >= 4 is 89.5 Å². The van der Waals surface area contributed by atoms with E-state index in [1.807, 2.05) is 24.3 Å². The summed E-state index contributed by atoms with van der Waals surface area (Å²) in [5, 5.41) is 29.4. The number of alkyl carbamates (subject to hydrolysis) is 2. The minimum absolute atomic E-state index is 0. The average Bonchev–Trinajstić information content (AvgIpc) is 0.869. The number of ether oxygens (including phenoxy) is 9. The summed E-state index contributed by atoms with van der Waals surface area (Å²) in [4.78, 5) is 106. The molecule has 2 unspecified atom stereocenters. The monoisotopic (exact) mass is 1640 g/mol. The van der Waals surface area contributed by atoms with Crippen LogP contribution >= 0.6 is 34.8 Å². The number of aliphatic carboxylic acids is 1. The van der Waals surface area contributed by atoms with Gasteiger partial charge in [-0.05, 0) is 201 Å². The van der Waals surface area contributed by atoms with Crippen molar-refractivity contribution in [3.8, 4) is 11.5 Å². The number of carbonyl (C=O) groups is 9. The Morgan fingerprint density at radius 2 is 0.884 bits per heavy atom. The molecule has 0 saturated heterocycles. The number of rotatable bonds is 24. The number of alkyl halides is 2. The van der Waals surface area contributed by atoms with Crippen molar-refractivity contribution < 1.29 is 246 Å². The second kappa shape index (κ2) is 46.9. The van der Waals surface area contributed by atoms with E-state index in [2.05, 4.69) is 30.9 Å². The summed E-state index contributed by atoms with van der Waals surface area (Å²) >= 11 is 17.1. The predicted molar refractivity (Wildman–Crippen MR) is 343 cm³/mol. The quantitative estimate of drug-likeness (QED) is 0.0109. The Balaban J connectivity index is -0.000000679. The number of hydrogen-bond donors (Lipinski definition) is 5. The summed E-state index contributed by atoms with van der Waals surface area (Å²) in [5.41, 5.74) is -3.74. The standard InChI is InChI=1S/C31H41ClN2O9.C19H20ClNO4.C12H22ClNO5.CH3F.CH2O3.2Cs.H/c1-20(40-28(38)43-30(5,6)19-34-27(37)42-29(2,3)4)39-26(36)31(7,8)41-24-15-9-21(10-16-24)17-18-33-25(35)22-11-13-23(32)14-12-22;1-19(2,18(23)24)25-16-9-3-13(4-10-16)11-12-21-17(22)14-5-7-15(20)8-6-14;1-8(13)17-10(16)19-12(5,6)7-14-9(15)18-11(2,3)4;1-2;2-1-4-3;;;/h9-16,20H,17-19H2,1-8H3,(H,33,35)(H,34,37);3-10H,11-12H2,1-2H3,(H,21,22)(H,23,24);8H,7H2,1-6H3,(H,14,15);1H3;1,3H;;;/q;;;;;2*+1;-1/p-1/i;;;1D;;;;. The normalized spacial score (nSPS) is 11.6. The molecule has 4 aromatic carbocycles. The van der Waals surface area contributed by atoms with E-state index in [9.17, 15) is 42.7 Å². The molecule has 0 heterocycles. The minimum atomic E-state index is -1.41. The molecule has 4 amide bonds. The second-order valence-electron chi connectivity index (χ2n) is 23.7. The van der Waals surface area contributed by atoms with E-state index in [-0.39, 0.29) is 171 Å². The van der Waals surface area contributed by atoms with Crippen LogP contribution in [0.15, 0.2) is 97.1 Å². The maximum absolute atomic E-state index is 12.8. The van der Waals surface area contributed by atoms with Crippen LogP contribution in [0.2, 0.25) is 10.0 Å². The summed E-state index contributed by atoms with van der Waals surface area (Å²) in [5.74, 6) is -1.24. The van der Waals surface area contributed by atoms with Crippen molar-refractivity contribution in [3.05, 3.63) is 129 Å². The maximum atomic E-state index is 12.8. The van der Waals surface area contributed by atoms with Gasteiger partial charge < -0.3 is 80.6 Å². The molecule has 0 saturated carbocycles. The van der Waals surface area contributed by atoms with E-state index in [0.29, 0.717) is 58.6 Å². The minimum Gasteiger partial charge on any atom is -1.00 e. The Labute approximate surface area is 690 Å². The van der Waals surface area contributed by atoms with Gasteiger partial charge in [0.1, 0.15) is 33.9 Å². The zero-order valence-electron chi connectivity index (χ0n) is 59.0. The van der Waals surface area contributed by atoms with E-state index in [1.54, 1.807) is 142 Å². The summed E-state index contributed by atoms with van der Waals surface area (Å²) in [6, 6.07) is 27.5. The molecule has 0 aromatic heterocycles. The van der Waals surface area contributed by atoms with Crippen molar-refractivity contribution in [1.82, 2.24) is 21.3 Å². The molecule has 520 valence electrons. The molecule has 2 atom stereocenters. The maximum Gasteiger partial charge on any atom is 1.00 e. The van der Waals surface area contributed by atoms with Gasteiger partial charge in [-0.3, -0.25) is 18.8 Å². The molecule has 95 heavy (non-hydrogen) atoms. The van der Waals surface area contributed by atoms with Crippen LogP contribution in [-0.4, -0.2) is 139 Å². The Morgan fingerprint density at radius 1 is 0.558 bits per heavy atom. The zero-order valence-corrected chi connectivity index (χ0v) is 71.9. The number of carboxylic acids is 1. The summed E-state index contributed by atoms with van der Waals surface area (Å²) in [6.07, 6.45) is -3.25. The molecule has 25 nitrogen and oxygen atoms in total. The Hall–Kier alpha value is -4.23. The topological polar surface area (TPSA) is 337 Å². The Kier molecular flexibility index (Phi) is 45.9. The van der Waals surface area contributed by atoms with E-state index < -0.39 is 89.0 Å². The molecule has 4 aromatic rings. The number of carboxylic acid groups (broad SMARTS) is 1. The molecule has 0 radical (unpaired) electrons. The van der Waals surface area contributed by atoms with Crippen LogP contribution in [0.4, 0.5) is 23.6 Å². The summed E-state index contributed by atoms with van der Waals surface area (Å²) < 4.78 is 62.2. The first kappa shape index (κ1) is 92.8. The predicted octanol–water partition coefficient (Wildman–Crippen LogP) is 5.54. The van der Waals surface area contributed by atoms with Gasteiger partial charge in [0.25, 0.3) is 18.3 Å². The number of benzene rings is 4. The van der Waals surface area contributed by atoms with Gasteiger partial charge in [-0.2, -0.15) is 0 Å². The molecule has 0 aliphatic heterocycles. The van der Waals surface area contributed by atoms with Crippen molar-refractivity contribution in [2.24, 2.45) is 0 Å². The van der Waals surface area contributed by atoms with Crippen molar-refractivity contribution in [1.29, 1.82) is 0 Å². The van der Waals surface area contributed by atoms with Crippen LogP contribution < -0.4 is 174 Å². The third-order valence-corrected chi connectivity index (χ3v) is 11.5. The first-order chi connectivity index (χ1) is 43.4. The molecule has 0 aliphatic rings. The number of nitrogens with one attached hydrogen (secondary N) is 4.